The van der Waals surface area contributed by atoms with Crippen molar-refractivity contribution in [2.24, 2.45) is 0 Å². The number of carbonyl (C=O) groups excluding carboxylic acids is 1. The standard InChI is InChI=1S/C14H20N4O/c1-11(2)16-7-8-17-12(9-16)10-18(14(17)19)13-5-3-4-6-15-13/h3-6,11-12H,7-10H2,1-2H3/t12-/m1/s1. The van der Waals surface area contributed by atoms with Crippen LogP contribution in [0.4, 0.5) is 10.6 Å². The monoisotopic (exact) mass is 260 g/mol. The first kappa shape index (κ1) is 12.4. The van der Waals surface area contributed by atoms with Crippen molar-refractivity contribution in [3.63, 3.8) is 0 Å². The molecule has 2 saturated heterocycles. The minimum absolute atomic E-state index is 0.104. The number of aromatic nitrogens is 1. The second kappa shape index (κ2) is 4.81. The number of hydrogen-bond acceptors (Lipinski definition) is 3. The van der Waals surface area contributed by atoms with E-state index in [1.165, 1.54) is 0 Å². The van der Waals surface area contributed by atoms with Crippen molar-refractivity contribution in [3.8, 4) is 0 Å². The second-order valence-corrected chi connectivity index (χ2v) is 5.52. The van der Waals surface area contributed by atoms with Gasteiger partial charge in [-0.3, -0.25) is 9.80 Å². The van der Waals surface area contributed by atoms with Gasteiger partial charge in [0.05, 0.1) is 12.6 Å². The fourth-order valence-electron chi connectivity index (χ4n) is 2.91. The van der Waals surface area contributed by atoms with Crippen LogP contribution in [-0.4, -0.2) is 59.1 Å². The Labute approximate surface area is 113 Å². The summed E-state index contributed by atoms with van der Waals surface area (Å²) in [6.45, 7) is 7.93. The third kappa shape index (κ3) is 2.18. The summed E-state index contributed by atoms with van der Waals surface area (Å²) in [5.41, 5.74) is 0. The molecule has 3 heterocycles. The molecule has 2 fully saturated rings. The van der Waals surface area contributed by atoms with Gasteiger partial charge >= 0.3 is 6.03 Å². The molecule has 0 spiro atoms. The summed E-state index contributed by atoms with van der Waals surface area (Å²) in [6.07, 6.45) is 1.74. The number of piperazine rings is 1. The van der Waals surface area contributed by atoms with E-state index < -0.39 is 0 Å². The van der Waals surface area contributed by atoms with Gasteiger partial charge in [-0.1, -0.05) is 6.07 Å². The number of carbonyl (C=O) groups is 1. The number of nitrogens with zero attached hydrogens (tertiary/aromatic N) is 4. The van der Waals surface area contributed by atoms with Gasteiger partial charge in [-0.15, -0.1) is 0 Å². The summed E-state index contributed by atoms with van der Waals surface area (Å²) in [4.78, 5) is 22.9. The first-order valence-corrected chi connectivity index (χ1v) is 6.90. The highest BCUT2D eigenvalue weighted by molar-refractivity contribution is 5.93. The first-order valence-electron chi connectivity index (χ1n) is 6.90. The number of rotatable bonds is 2. The van der Waals surface area contributed by atoms with Crippen molar-refractivity contribution in [1.82, 2.24) is 14.8 Å². The third-order valence-corrected chi connectivity index (χ3v) is 4.04. The van der Waals surface area contributed by atoms with Gasteiger partial charge < -0.3 is 4.90 Å². The molecule has 2 aliphatic heterocycles. The van der Waals surface area contributed by atoms with E-state index in [2.05, 4.69) is 23.7 Å². The second-order valence-electron chi connectivity index (χ2n) is 5.52. The lowest BCUT2D eigenvalue weighted by Crippen LogP contribution is -2.53. The van der Waals surface area contributed by atoms with Gasteiger partial charge in [0.1, 0.15) is 5.82 Å². The Morgan fingerprint density at radius 3 is 2.79 bits per heavy atom. The van der Waals surface area contributed by atoms with Gasteiger partial charge in [0.2, 0.25) is 0 Å². The van der Waals surface area contributed by atoms with Crippen molar-refractivity contribution < 1.29 is 4.79 Å². The molecule has 102 valence electrons. The maximum Gasteiger partial charge on any atom is 0.326 e. The van der Waals surface area contributed by atoms with E-state index in [0.717, 1.165) is 32.0 Å². The minimum Gasteiger partial charge on any atom is -0.317 e. The van der Waals surface area contributed by atoms with Crippen LogP contribution in [0.5, 0.6) is 0 Å². The molecule has 0 aromatic carbocycles. The molecule has 0 N–H and O–H groups in total. The highest BCUT2D eigenvalue weighted by Crippen LogP contribution is 2.25. The molecule has 3 rings (SSSR count). The van der Waals surface area contributed by atoms with E-state index in [4.69, 9.17) is 0 Å². The lowest BCUT2D eigenvalue weighted by molar-refractivity contribution is 0.0996. The van der Waals surface area contributed by atoms with E-state index in [9.17, 15) is 4.79 Å². The molecule has 2 amide bonds. The largest absolute Gasteiger partial charge is 0.326 e. The van der Waals surface area contributed by atoms with Crippen molar-refractivity contribution in [2.45, 2.75) is 25.9 Å². The Hall–Kier alpha value is -1.62. The molecule has 0 unspecified atom stereocenters. The van der Waals surface area contributed by atoms with Crippen LogP contribution in [0.1, 0.15) is 13.8 Å². The molecule has 19 heavy (non-hydrogen) atoms. The number of pyridine rings is 1. The van der Waals surface area contributed by atoms with Crippen molar-refractivity contribution in [3.05, 3.63) is 24.4 Å². The minimum atomic E-state index is 0.104. The average Bonchev–Trinajstić information content (AvgIpc) is 2.76. The first-order chi connectivity index (χ1) is 9.16. The summed E-state index contributed by atoms with van der Waals surface area (Å²) in [5, 5.41) is 0. The smallest absolute Gasteiger partial charge is 0.317 e. The summed E-state index contributed by atoms with van der Waals surface area (Å²) >= 11 is 0. The SMILES string of the molecule is CC(C)N1CCN2C(=O)N(c3ccccn3)C[C@H]2C1. The van der Waals surface area contributed by atoms with Crippen LogP contribution >= 0.6 is 0 Å². The van der Waals surface area contributed by atoms with Gasteiger partial charge in [0.15, 0.2) is 0 Å². The number of urea groups is 1. The molecule has 5 nitrogen and oxygen atoms in total. The van der Waals surface area contributed by atoms with E-state index in [0.29, 0.717) is 12.1 Å². The number of anilines is 1. The van der Waals surface area contributed by atoms with Crippen molar-refractivity contribution in [1.29, 1.82) is 0 Å². The van der Waals surface area contributed by atoms with Crippen LogP contribution in [0.15, 0.2) is 24.4 Å². The average molecular weight is 260 g/mol. The molecule has 0 bridgehead atoms. The van der Waals surface area contributed by atoms with E-state index in [1.807, 2.05) is 23.1 Å². The van der Waals surface area contributed by atoms with Crippen LogP contribution in [0, 0.1) is 0 Å². The predicted molar refractivity (Wildman–Crippen MR) is 74.2 cm³/mol. The van der Waals surface area contributed by atoms with Gasteiger partial charge in [-0.05, 0) is 26.0 Å². The zero-order chi connectivity index (χ0) is 13.4. The topological polar surface area (TPSA) is 39.7 Å². The molecule has 0 saturated carbocycles. The van der Waals surface area contributed by atoms with Crippen molar-refractivity contribution >= 4 is 11.8 Å². The van der Waals surface area contributed by atoms with Gasteiger partial charge in [0.25, 0.3) is 0 Å². The van der Waals surface area contributed by atoms with Crippen LogP contribution in [0.3, 0.4) is 0 Å². The Kier molecular flexibility index (Phi) is 3.14. The van der Waals surface area contributed by atoms with Crippen LogP contribution in [-0.2, 0) is 0 Å². The Bertz CT molecular complexity index is 462. The molecular weight excluding hydrogens is 240 g/mol. The van der Waals surface area contributed by atoms with E-state index in [-0.39, 0.29) is 6.03 Å². The molecule has 5 heteroatoms. The molecule has 1 atom stereocenters. The van der Waals surface area contributed by atoms with Gasteiger partial charge in [-0.25, -0.2) is 9.78 Å². The highest BCUT2D eigenvalue weighted by Gasteiger charge is 2.41. The van der Waals surface area contributed by atoms with Crippen LogP contribution in [0.25, 0.3) is 0 Å². The quantitative estimate of drug-likeness (QED) is 0.807. The van der Waals surface area contributed by atoms with Crippen LogP contribution < -0.4 is 4.90 Å². The number of amides is 2. The zero-order valence-corrected chi connectivity index (χ0v) is 11.5. The Balaban J connectivity index is 1.77. The van der Waals surface area contributed by atoms with Gasteiger partial charge in [0, 0.05) is 31.9 Å². The molecular formula is C14H20N4O. The number of hydrogen-bond donors (Lipinski definition) is 0. The zero-order valence-electron chi connectivity index (χ0n) is 11.5. The Morgan fingerprint density at radius 2 is 2.11 bits per heavy atom. The fourth-order valence-corrected chi connectivity index (χ4v) is 2.91. The summed E-state index contributed by atoms with van der Waals surface area (Å²) in [7, 11) is 0. The summed E-state index contributed by atoms with van der Waals surface area (Å²) < 4.78 is 0. The predicted octanol–water partition coefficient (Wildman–Crippen LogP) is 1.42. The lowest BCUT2D eigenvalue weighted by atomic mass is 10.1. The maximum atomic E-state index is 12.4. The normalized spacial score (nSPS) is 24.2. The summed E-state index contributed by atoms with van der Waals surface area (Å²) in [5.74, 6) is 0.762. The molecule has 1 aromatic heterocycles. The molecule has 1 aromatic rings. The third-order valence-electron chi connectivity index (χ3n) is 4.04. The number of fused-ring (bicyclic) bond motifs is 1. The summed E-state index contributed by atoms with van der Waals surface area (Å²) in [6, 6.07) is 6.64. The highest BCUT2D eigenvalue weighted by atomic mass is 16.2. The molecule has 0 radical (unpaired) electrons. The van der Waals surface area contributed by atoms with Crippen molar-refractivity contribution in [2.75, 3.05) is 31.1 Å². The molecule has 0 aliphatic carbocycles. The van der Waals surface area contributed by atoms with Gasteiger partial charge in [-0.2, -0.15) is 0 Å². The maximum absolute atomic E-state index is 12.4. The van der Waals surface area contributed by atoms with Crippen LogP contribution in [0.2, 0.25) is 0 Å². The van der Waals surface area contributed by atoms with E-state index >= 15 is 0 Å². The lowest BCUT2D eigenvalue weighted by Gasteiger charge is -2.38. The van der Waals surface area contributed by atoms with E-state index in [1.54, 1.807) is 11.1 Å². The fraction of sp³-hybridized carbons (Fsp3) is 0.571. The Morgan fingerprint density at radius 1 is 1.26 bits per heavy atom. The molecule has 2 aliphatic rings.